The lowest BCUT2D eigenvalue weighted by molar-refractivity contribution is -0.120. The molecule has 0 aliphatic heterocycles. The standard InChI is InChI=1S/C11H13ClN4OS/c1-13-8(17)3-5-16(2)10-9-7(4-6-18-9)14-11(12)15-10/h4,6H,3,5H2,1-2H3,(H,13,17). The highest BCUT2D eigenvalue weighted by atomic mass is 35.5. The van der Waals surface area contributed by atoms with Gasteiger partial charge in [-0.25, -0.2) is 4.98 Å². The second kappa shape index (κ2) is 5.49. The number of fused-ring (bicyclic) bond motifs is 1. The van der Waals surface area contributed by atoms with Crippen LogP contribution in [0.15, 0.2) is 11.4 Å². The van der Waals surface area contributed by atoms with Gasteiger partial charge in [0.1, 0.15) is 0 Å². The number of rotatable bonds is 4. The Bertz CT molecular complexity index is 571. The first kappa shape index (κ1) is 13.0. The van der Waals surface area contributed by atoms with Gasteiger partial charge in [0.05, 0.1) is 10.2 Å². The number of thiophene rings is 1. The van der Waals surface area contributed by atoms with Gasteiger partial charge in [-0.2, -0.15) is 4.98 Å². The molecule has 0 aromatic carbocycles. The minimum Gasteiger partial charge on any atom is -0.359 e. The molecule has 0 unspecified atom stereocenters. The average Bonchev–Trinajstić information content (AvgIpc) is 2.82. The first-order chi connectivity index (χ1) is 8.61. The normalized spacial score (nSPS) is 10.6. The summed E-state index contributed by atoms with van der Waals surface area (Å²) in [7, 11) is 3.52. The van der Waals surface area contributed by atoms with Crippen molar-refractivity contribution in [1.29, 1.82) is 0 Å². The molecule has 0 aliphatic carbocycles. The Morgan fingerprint density at radius 1 is 1.56 bits per heavy atom. The summed E-state index contributed by atoms with van der Waals surface area (Å²) < 4.78 is 0.985. The lowest BCUT2D eigenvalue weighted by Crippen LogP contribution is -2.27. The van der Waals surface area contributed by atoms with E-state index < -0.39 is 0 Å². The predicted octanol–water partition coefficient (Wildman–Crippen LogP) is 1.92. The highest BCUT2D eigenvalue weighted by molar-refractivity contribution is 7.17. The fourth-order valence-corrected chi connectivity index (χ4v) is 2.62. The molecule has 2 heterocycles. The van der Waals surface area contributed by atoms with Crippen molar-refractivity contribution in [2.24, 2.45) is 0 Å². The van der Waals surface area contributed by atoms with Crippen LogP contribution in [0.2, 0.25) is 5.28 Å². The van der Waals surface area contributed by atoms with Gasteiger partial charge in [0.2, 0.25) is 11.2 Å². The molecule has 5 nitrogen and oxygen atoms in total. The van der Waals surface area contributed by atoms with E-state index in [0.717, 1.165) is 16.0 Å². The zero-order valence-electron chi connectivity index (χ0n) is 10.1. The van der Waals surface area contributed by atoms with Gasteiger partial charge in [0.15, 0.2) is 5.82 Å². The minimum atomic E-state index is 0.00410. The minimum absolute atomic E-state index is 0.00410. The summed E-state index contributed by atoms with van der Waals surface area (Å²) in [6, 6.07) is 1.91. The van der Waals surface area contributed by atoms with Crippen molar-refractivity contribution in [1.82, 2.24) is 15.3 Å². The van der Waals surface area contributed by atoms with E-state index in [0.29, 0.717) is 13.0 Å². The molecule has 1 amide bonds. The Balaban J connectivity index is 2.23. The fraction of sp³-hybridized carbons (Fsp3) is 0.364. The molecule has 0 fully saturated rings. The van der Waals surface area contributed by atoms with Gasteiger partial charge in [-0.15, -0.1) is 11.3 Å². The van der Waals surface area contributed by atoms with Gasteiger partial charge in [-0.3, -0.25) is 4.79 Å². The summed E-state index contributed by atoms with van der Waals surface area (Å²) in [6.07, 6.45) is 0.418. The van der Waals surface area contributed by atoms with Crippen LogP contribution in [0.3, 0.4) is 0 Å². The van der Waals surface area contributed by atoms with Crippen LogP contribution in [0.5, 0.6) is 0 Å². The number of hydrogen-bond acceptors (Lipinski definition) is 5. The number of nitrogens with one attached hydrogen (secondary N) is 1. The van der Waals surface area contributed by atoms with E-state index in [4.69, 9.17) is 11.6 Å². The lowest BCUT2D eigenvalue weighted by atomic mass is 10.3. The third-order valence-corrected chi connectivity index (χ3v) is 3.64. The molecule has 0 atom stereocenters. The van der Waals surface area contributed by atoms with E-state index in [9.17, 15) is 4.79 Å². The number of carbonyl (C=O) groups is 1. The number of halogens is 1. The van der Waals surface area contributed by atoms with E-state index >= 15 is 0 Å². The topological polar surface area (TPSA) is 58.1 Å². The fourth-order valence-electron chi connectivity index (χ4n) is 1.58. The van der Waals surface area contributed by atoms with E-state index in [1.54, 1.807) is 18.4 Å². The molecule has 0 radical (unpaired) electrons. The van der Waals surface area contributed by atoms with Crippen LogP contribution < -0.4 is 10.2 Å². The van der Waals surface area contributed by atoms with Crippen LogP contribution in [-0.2, 0) is 4.79 Å². The Morgan fingerprint density at radius 3 is 3.06 bits per heavy atom. The second-order valence-corrected chi connectivity index (χ2v) is 5.05. The largest absolute Gasteiger partial charge is 0.359 e. The van der Waals surface area contributed by atoms with Crippen molar-refractivity contribution in [2.75, 3.05) is 25.5 Å². The van der Waals surface area contributed by atoms with Crippen LogP contribution in [0, 0.1) is 0 Å². The van der Waals surface area contributed by atoms with Gasteiger partial charge >= 0.3 is 0 Å². The molecule has 2 aromatic heterocycles. The van der Waals surface area contributed by atoms with Crippen LogP contribution in [0.4, 0.5) is 5.82 Å². The average molecular weight is 285 g/mol. The third kappa shape index (κ3) is 2.70. The summed E-state index contributed by atoms with van der Waals surface area (Å²) in [6.45, 7) is 0.583. The molecule has 2 aromatic rings. The number of amides is 1. The van der Waals surface area contributed by atoms with Crippen LogP contribution >= 0.6 is 22.9 Å². The molecule has 7 heteroatoms. The van der Waals surface area contributed by atoms with Crippen molar-refractivity contribution < 1.29 is 4.79 Å². The summed E-state index contributed by atoms with van der Waals surface area (Å²) in [4.78, 5) is 21.5. The van der Waals surface area contributed by atoms with E-state index in [2.05, 4.69) is 15.3 Å². The van der Waals surface area contributed by atoms with E-state index in [1.807, 2.05) is 23.4 Å². The van der Waals surface area contributed by atoms with Gasteiger partial charge < -0.3 is 10.2 Å². The molecule has 0 bridgehead atoms. The van der Waals surface area contributed by atoms with Crippen molar-refractivity contribution >= 4 is 44.9 Å². The first-order valence-corrected chi connectivity index (χ1v) is 6.70. The van der Waals surface area contributed by atoms with Gasteiger partial charge in [-0.1, -0.05) is 0 Å². The highest BCUT2D eigenvalue weighted by Crippen LogP contribution is 2.29. The van der Waals surface area contributed by atoms with Crippen LogP contribution in [-0.4, -0.2) is 36.5 Å². The van der Waals surface area contributed by atoms with E-state index in [1.165, 1.54) is 0 Å². The molecule has 0 saturated carbocycles. The van der Waals surface area contributed by atoms with Crippen molar-refractivity contribution in [3.8, 4) is 0 Å². The molecule has 96 valence electrons. The van der Waals surface area contributed by atoms with Gasteiger partial charge in [0, 0.05) is 27.1 Å². The molecule has 1 N–H and O–H groups in total. The smallest absolute Gasteiger partial charge is 0.224 e. The summed E-state index contributed by atoms with van der Waals surface area (Å²) >= 11 is 7.46. The first-order valence-electron chi connectivity index (χ1n) is 5.44. The molecule has 18 heavy (non-hydrogen) atoms. The van der Waals surface area contributed by atoms with Crippen LogP contribution in [0.25, 0.3) is 10.2 Å². The van der Waals surface area contributed by atoms with Crippen molar-refractivity contribution in [3.05, 3.63) is 16.7 Å². The number of anilines is 1. The number of nitrogens with zero attached hydrogens (tertiary/aromatic N) is 3. The molecular weight excluding hydrogens is 272 g/mol. The monoisotopic (exact) mass is 284 g/mol. The highest BCUT2D eigenvalue weighted by Gasteiger charge is 2.12. The summed E-state index contributed by atoms with van der Waals surface area (Å²) in [5.74, 6) is 0.772. The quantitative estimate of drug-likeness (QED) is 0.872. The summed E-state index contributed by atoms with van der Waals surface area (Å²) in [5, 5.41) is 4.77. The number of aromatic nitrogens is 2. The maximum absolute atomic E-state index is 11.2. The van der Waals surface area contributed by atoms with E-state index in [-0.39, 0.29) is 11.2 Å². The van der Waals surface area contributed by atoms with Gasteiger partial charge in [0.25, 0.3) is 0 Å². The van der Waals surface area contributed by atoms with Gasteiger partial charge in [-0.05, 0) is 23.0 Å². The Morgan fingerprint density at radius 2 is 2.33 bits per heavy atom. The molecule has 0 aliphatic rings. The Labute approximate surface area is 114 Å². The molecular formula is C11H13ClN4OS. The SMILES string of the molecule is CNC(=O)CCN(C)c1nc(Cl)nc2ccsc12. The maximum Gasteiger partial charge on any atom is 0.224 e. The molecule has 0 spiro atoms. The summed E-state index contributed by atoms with van der Waals surface area (Å²) in [5.41, 5.74) is 0.835. The number of hydrogen-bond donors (Lipinski definition) is 1. The second-order valence-electron chi connectivity index (χ2n) is 3.80. The Kier molecular flexibility index (Phi) is 3.98. The van der Waals surface area contributed by atoms with Crippen molar-refractivity contribution in [3.63, 3.8) is 0 Å². The molecule has 2 rings (SSSR count). The lowest BCUT2D eigenvalue weighted by Gasteiger charge is -2.18. The van der Waals surface area contributed by atoms with Crippen molar-refractivity contribution in [2.45, 2.75) is 6.42 Å². The zero-order valence-corrected chi connectivity index (χ0v) is 11.7. The molecule has 0 saturated heterocycles. The van der Waals surface area contributed by atoms with Crippen LogP contribution in [0.1, 0.15) is 6.42 Å². The third-order valence-electron chi connectivity index (χ3n) is 2.57. The maximum atomic E-state index is 11.2. The predicted molar refractivity (Wildman–Crippen MR) is 74.4 cm³/mol. The zero-order chi connectivity index (χ0) is 13.1. The number of carbonyl (C=O) groups excluding carboxylic acids is 1. The Hall–Kier alpha value is -1.40.